The molecule has 0 bridgehead atoms. The number of nitrogens with zero attached hydrogens (tertiary/aromatic N) is 1. The minimum absolute atomic E-state index is 0.141. The highest BCUT2D eigenvalue weighted by molar-refractivity contribution is 6.75. The molecule has 0 atom stereocenters. The summed E-state index contributed by atoms with van der Waals surface area (Å²) < 4.78 is 37.8. The maximum atomic E-state index is 12.6. The van der Waals surface area contributed by atoms with Crippen LogP contribution in [0.2, 0.25) is 5.02 Å². The van der Waals surface area contributed by atoms with Gasteiger partial charge in [-0.2, -0.15) is 0 Å². The normalized spacial score (nSPS) is 12.0. The number of fused-ring (bicyclic) bond motifs is 1. The van der Waals surface area contributed by atoms with Gasteiger partial charge >= 0.3 is 6.98 Å². The van der Waals surface area contributed by atoms with E-state index >= 15 is 0 Å². The summed E-state index contributed by atoms with van der Waals surface area (Å²) in [6.45, 7) is -5.03. The van der Waals surface area contributed by atoms with Crippen molar-refractivity contribution in [2.75, 3.05) is 0 Å². The fourth-order valence-corrected chi connectivity index (χ4v) is 1.61. The fraction of sp³-hybridized carbons (Fsp3) is 0. The molecular weight excluding hydrogens is 225 g/mol. The molecule has 2 aromatic rings. The van der Waals surface area contributed by atoms with Crippen molar-refractivity contribution < 1.29 is 12.9 Å². The van der Waals surface area contributed by atoms with Gasteiger partial charge in [-0.25, -0.2) is 0 Å². The molecule has 0 aliphatic rings. The van der Waals surface area contributed by atoms with Crippen molar-refractivity contribution in [1.29, 1.82) is 0 Å². The molecule has 0 aliphatic heterocycles. The van der Waals surface area contributed by atoms with Crippen LogP contribution < -0.4 is 5.46 Å². The van der Waals surface area contributed by atoms with Gasteiger partial charge in [0.15, 0.2) is 0 Å². The Bertz CT molecular complexity index is 512. The zero-order valence-corrected chi connectivity index (χ0v) is 8.18. The van der Waals surface area contributed by atoms with Crippen LogP contribution in [0.5, 0.6) is 0 Å². The summed E-state index contributed by atoms with van der Waals surface area (Å²) in [6.07, 6.45) is 2.21. The molecule has 0 saturated carbocycles. The molecule has 0 saturated heterocycles. The molecule has 6 heteroatoms. The molecule has 0 unspecified atom stereocenters. The Balaban J connectivity index is 2.77. The molecule has 2 rings (SSSR count). The highest BCUT2D eigenvalue weighted by atomic mass is 35.5. The van der Waals surface area contributed by atoms with Gasteiger partial charge in [0, 0.05) is 17.4 Å². The number of pyridine rings is 1. The molecule has 1 heterocycles. The van der Waals surface area contributed by atoms with Gasteiger partial charge in [0.25, 0.3) is 0 Å². The molecule has 1 aromatic carbocycles. The minimum atomic E-state index is -5.03. The lowest BCUT2D eigenvalue weighted by Gasteiger charge is -2.16. The Morgan fingerprint density at radius 3 is 2.53 bits per heavy atom. The third-order valence-electron chi connectivity index (χ3n) is 2.10. The summed E-state index contributed by atoms with van der Waals surface area (Å²) in [7, 11) is 0. The molecule has 0 N–H and O–H groups in total. The van der Waals surface area contributed by atoms with Crippen LogP contribution in [0.3, 0.4) is 0 Å². The summed E-state index contributed by atoms with van der Waals surface area (Å²) in [5.41, 5.74) is -0.677. The third-order valence-corrected chi connectivity index (χ3v) is 2.34. The maximum absolute atomic E-state index is 12.6. The van der Waals surface area contributed by atoms with E-state index in [1.807, 2.05) is 0 Å². The van der Waals surface area contributed by atoms with Crippen molar-refractivity contribution in [2.24, 2.45) is 0 Å². The van der Waals surface area contributed by atoms with Gasteiger partial charge in [-0.15, -0.1) is 0 Å². The average Bonchev–Trinajstić information content (AvgIpc) is 2.15. The number of hydrogen-bond acceptors (Lipinski definition) is 1. The van der Waals surface area contributed by atoms with Crippen LogP contribution in [-0.2, 0) is 0 Å². The van der Waals surface area contributed by atoms with Crippen molar-refractivity contribution in [1.82, 2.24) is 4.98 Å². The van der Waals surface area contributed by atoms with Gasteiger partial charge in [0.05, 0.1) is 0 Å². The predicted molar refractivity (Wildman–Crippen MR) is 55.5 cm³/mol. The summed E-state index contributed by atoms with van der Waals surface area (Å²) >= 11 is 5.68. The monoisotopic (exact) mass is 230 g/mol. The zero-order chi connectivity index (χ0) is 11.1. The molecule has 1 aromatic heterocycles. The van der Waals surface area contributed by atoms with Crippen LogP contribution in [0.25, 0.3) is 10.8 Å². The molecule has 1 nitrogen and oxygen atoms in total. The standard InChI is InChI=1S/C9H5BClF3N/c11-7-1-2-8-6(3-7)4-15-5-9(8)10(12,13)14/h1-5H/q-1. The summed E-state index contributed by atoms with van der Waals surface area (Å²) in [5.74, 6) is 0. The van der Waals surface area contributed by atoms with E-state index in [4.69, 9.17) is 11.6 Å². The Kier molecular flexibility index (Phi) is 2.34. The molecule has 0 amide bonds. The number of aromatic nitrogens is 1. The van der Waals surface area contributed by atoms with Crippen molar-refractivity contribution >= 4 is 34.8 Å². The topological polar surface area (TPSA) is 12.9 Å². The van der Waals surface area contributed by atoms with E-state index in [1.165, 1.54) is 24.4 Å². The molecule has 0 spiro atoms. The third kappa shape index (κ3) is 1.92. The van der Waals surface area contributed by atoms with Crippen LogP contribution in [0.4, 0.5) is 12.9 Å². The van der Waals surface area contributed by atoms with Gasteiger partial charge in [-0.1, -0.05) is 23.1 Å². The lowest BCUT2D eigenvalue weighted by atomic mass is 9.78. The molecule has 15 heavy (non-hydrogen) atoms. The highest BCUT2D eigenvalue weighted by Gasteiger charge is 2.27. The van der Waals surface area contributed by atoms with Crippen LogP contribution >= 0.6 is 11.6 Å². The minimum Gasteiger partial charge on any atom is -0.445 e. The molecule has 0 radical (unpaired) electrons. The largest absolute Gasteiger partial charge is 0.511 e. The van der Waals surface area contributed by atoms with E-state index in [9.17, 15) is 12.9 Å². The van der Waals surface area contributed by atoms with E-state index in [0.717, 1.165) is 6.20 Å². The Hall–Kier alpha value is -1.23. The first kappa shape index (κ1) is 10.3. The first-order valence-electron chi connectivity index (χ1n) is 4.21. The van der Waals surface area contributed by atoms with Crippen molar-refractivity contribution in [2.45, 2.75) is 0 Å². The first-order chi connectivity index (χ1) is 6.98. The summed E-state index contributed by atoms with van der Waals surface area (Å²) in [5, 5.41) is 0.942. The van der Waals surface area contributed by atoms with Crippen LogP contribution in [0, 0.1) is 0 Å². The zero-order valence-electron chi connectivity index (χ0n) is 7.42. The van der Waals surface area contributed by atoms with Crippen LogP contribution in [-0.4, -0.2) is 12.0 Å². The summed E-state index contributed by atoms with van der Waals surface area (Å²) in [6, 6.07) is 4.27. The lowest BCUT2D eigenvalue weighted by Crippen LogP contribution is -2.34. The van der Waals surface area contributed by atoms with Crippen LogP contribution in [0.1, 0.15) is 0 Å². The van der Waals surface area contributed by atoms with Crippen molar-refractivity contribution in [3.05, 3.63) is 35.6 Å². The van der Waals surface area contributed by atoms with Gasteiger partial charge in [0.2, 0.25) is 0 Å². The summed E-state index contributed by atoms with van der Waals surface area (Å²) in [4.78, 5) is 3.56. The Labute approximate surface area is 88.9 Å². The highest BCUT2D eigenvalue weighted by Crippen LogP contribution is 2.20. The SMILES string of the molecule is F[B-](F)(F)c1cncc2cc(Cl)ccc12. The fourth-order valence-electron chi connectivity index (χ4n) is 1.43. The molecular formula is C9H5BClF3N-. The number of hydrogen-bond donors (Lipinski definition) is 0. The van der Waals surface area contributed by atoms with Crippen molar-refractivity contribution in [3.63, 3.8) is 0 Å². The second-order valence-corrected chi connectivity index (χ2v) is 3.61. The van der Waals surface area contributed by atoms with Gasteiger partial charge in [-0.3, -0.25) is 4.98 Å². The van der Waals surface area contributed by atoms with E-state index in [1.54, 1.807) is 0 Å². The first-order valence-corrected chi connectivity index (χ1v) is 4.59. The number of benzene rings is 1. The van der Waals surface area contributed by atoms with E-state index < -0.39 is 12.4 Å². The van der Waals surface area contributed by atoms with E-state index in [0.29, 0.717) is 10.4 Å². The second-order valence-electron chi connectivity index (χ2n) is 3.17. The predicted octanol–water partition coefficient (Wildman–Crippen LogP) is 2.94. The smallest absolute Gasteiger partial charge is 0.445 e. The maximum Gasteiger partial charge on any atom is 0.511 e. The molecule has 0 aliphatic carbocycles. The van der Waals surface area contributed by atoms with Gasteiger partial charge in [0.1, 0.15) is 0 Å². The van der Waals surface area contributed by atoms with Crippen LogP contribution in [0.15, 0.2) is 30.6 Å². The number of halogens is 4. The Morgan fingerprint density at radius 2 is 1.87 bits per heavy atom. The number of rotatable bonds is 1. The lowest BCUT2D eigenvalue weighted by molar-refractivity contribution is 0.501. The van der Waals surface area contributed by atoms with E-state index in [-0.39, 0.29) is 5.39 Å². The average molecular weight is 230 g/mol. The molecule has 0 fully saturated rings. The van der Waals surface area contributed by atoms with Gasteiger partial charge in [-0.05, 0) is 22.9 Å². The van der Waals surface area contributed by atoms with Crippen molar-refractivity contribution in [3.8, 4) is 0 Å². The second kappa shape index (κ2) is 3.41. The van der Waals surface area contributed by atoms with Gasteiger partial charge < -0.3 is 12.9 Å². The molecule has 78 valence electrons. The Morgan fingerprint density at radius 1 is 1.13 bits per heavy atom. The quantitative estimate of drug-likeness (QED) is 0.686. The van der Waals surface area contributed by atoms with E-state index in [2.05, 4.69) is 4.98 Å².